The van der Waals surface area contributed by atoms with E-state index in [1.807, 2.05) is 6.92 Å². The number of anilines is 1. The third-order valence-corrected chi connectivity index (χ3v) is 4.98. The van der Waals surface area contributed by atoms with Crippen molar-refractivity contribution < 1.29 is 13.9 Å². The Morgan fingerprint density at radius 3 is 2.69 bits per heavy atom. The average molecular weight is 436 g/mol. The molecule has 8 nitrogen and oxygen atoms in total. The van der Waals surface area contributed by atoms with E-state index in [-0.39, 0.29) is 28.4 Å². The Hall–Kier alpha value is -4.01. The molecule has 1 aliphatic heterocycles. The van der Waals surface area contributed by atoms with Crippen LogP contribution in [0.15, 0.2) is 57.8 Å². The lowest BCUT2D eigenvalue weighted by Crippen LogP contribution is -2.23. The lowest BCUT2D eigenvalue weighted by Gasteiger charge is -2.22. The first-order valence-electron chi connectivity index (χ1n) is 9.98. The molecule has 0 saturated carbocycles. The van der Waals surface area contributed by atoms with E-state index in [4.69, 9.17) is 21.9 Å². The van der Waals surface area contributed by atoms with Gasteiger partial charge in [-0.05, 0) is 38.1 Å². The molecule has 0 radical (unpaired) electrons. The number of carbonyl (C=O) groups is 1. The lowest BCUT2D eigenvalue weighted by atomic mass is 9.91. The number of fused-ring (bicyclic) bond motifs is 3. The number of ketones is 1. The number of pyridine rings is 1. The molecule has 32 heavy (non-hydrogen) atoms. The van der Waals surface area contributed by atoms with Crippen LogP contribution in [0.3, 0.4) is 0 Å². The molecule has 0 fully saturated rings. The van der Waals surface area contributed by atoms with Gasteiger partial charge in [0.25, 0.3) is 0 Å². The minimum absolute atomic E-state index is 0.0947. The highest BCUT2D eigenvalue weighted by molar-refractivity contribution is 6.38. The zero-order chi connectivity index (χ0) is 23.4. The fraction of sp³-hybridized carbons (Fsp3) is 0.217. The molecule has 6 N–H and O–H groups in total. The van der Waals surface area contributed by atoms with Crippen LogP contribution in [0.5, 0.6) is 5.75 Å². The van der Waals surface area contributed by atoms with Crippen LogP contribution in [-0.4, -0.2) is 36.3 Å². The monoisotopic (exact) mass is 436 g/mol. The molecule has 2 heterocycles. The largest absolute Gasteiger partial charge is 0.482 e. The lowest BCUT2D eigenvalue weighted by molar-refractivity contribution is -0.111. The molecule has 9 heteroatoms. The minimum atomic E-state index is -0.663. The number of hydrogen-bond acceptors (Lipinski definition) is 8. The molecule has 0 unspecified atom stereocenters. The Bertz CT molecular complexity index is 1180. The van der Waals surface area contributed by atoms with Gasteiger partial charge >= 0.3 is 0 Å². The number of Topliss-reactive ketones (excluding diaryl/α,β-unsaturated/α-hetero) is 1. The van der Waals surface area contributed by atoms with Crippen molar-refractivity contribution in [2.45, 2.75) is 20.0 Å². The molecule has 166 valence electrons. The number of aromatic nitrogens is 1. The summed E-state index contributed by atoms with van der Waals surface area (Å²) in [6, 6.07) is 5.69. The summed E-state index contributed by atoms with van der Waals surface area (Å²) in [5.74, 6) is -0.559. The van der Waals surface area contributed by atoms with Gasteiger partial charge in [-0.15, -0.1) is 0 Å². The van der Waals surface area contributed by atoms with E-state index < -0.39 is 17.7 Å². The van der Waals surface area contributed by atoms with Crippen molar-refractivity contribution in [1.29, 1.82) is 0 Å². The summed E-state index contributed by atoms with van der Waals surface area (Å²) in [5.41, 5.74) is 20.3. The van der Waals surface area contributed by atoms with Crippen LogP contribution in [0.1, 0.15) is 36.6 Å². The molecule has 2 aromatic rings. The molecule has 0 amide bonds. The maximum Gasteiger partial charge on any atom is 0.200 e. The fourth-order valence-corrected chi connectivity index (χ4v) is 3.47. The van der Waals surface area contributed by atoms with E-state index >= 15 is 0 Å². The molecule has 0 aliphatic carbocycles. The van der Waals surface area contributed by atoms with E-state index in [0.717, 1.165) is 0 Å². The quantitative estimate of drug-likeness (QED) is 0.488. The molecule has 0 spiro atoms. The molecule has 1 atom stereocenters. The number of aliphatic imine (C=N–C) groups is 2. The predicted octanol–water partition coefficient (Wildman–Crippen LogP) is 2.55. The zero-order valence-electron chi connectivity index (χ0n) is 18.1. The highest BCUT2D eigenvalue weighted by atomic mass is 19.1. The van der Waals surface area contributed by atoms with Gasteiger partial charge in [0.1, 0.15) is 11.9 Å². The van der Waals surface area contributed by atoms with E-state index in [1.165, 1.54) is 43.9 Å². The van der Waals surface area contributed by atoms with Crippen molar-refractivity contribution >= 4 is 29.2 Å². The van der Waals surface area contributed by atoms with Gasteiger partial charge < -0.3 is 21.9 Å². The topological polar surface area (TPSA) is 142 Å². The number of ether oxygens (including phenoxy) is 1. The first kappa shape index (κ1) is 22.7. The third-order valence-electron chi connectivity index (χ3n) is 4.98. The summed E-state index contributed by atoms with van der Waals surface area (Å²) < 4.78 is 20.2. The summed E-state index contributed by atoms with van der Waals surface area (Å²) in [7, 11) is 1.52. The predicted molar refractivity (Wildman–Crippen MR) is 124 cm³/mol. The SMILES string of the molecule is CCN=C1/C(=C\N)C(=O)/C(C=NC)=C(/N)c2ccc(F)cc2[C@@H](C)Oc2cc1cnc2N. The first-order chi connectivity index (χ1) is 15.3. The number of nitrogens with two attached hydrogens (primary N) is 3. The Labute approximate surface area is 185 Å². The highest BCUT2D eigenvalue weighted by Gasteiger charge is 2.27. The average Bonchev–Trinajstić information content (AvgIpc) is 2.77. The maximum atomic E-state index is 14.1. The first-order valence-corrected chi connectivity index (χ1v) is 9.98. The van der Waals surface area contributed by atoms with Crippen LogP contribution in [0, 0.1) is 5.82 Å². The summed E-state index contributed by atoms with van der Waals surface area (Å²) in [6.45, 7) is 3.94. The van der Waals surface area contributed by atoms with Gasteiger partial charge in [-0.2, -0.15) is 0 Å². The number of allylic oxidation sites excluding steroid dienone is 2. The van der Waals surface area contributed by atoms with Gasteiger partial charge in [0.15, 0.2) is 17.4 Å². The molecular formula is C23H25FN6O2. The van der Waals surface area contributed by atoms with E-state index in [0.29, 0.717) is 28.9 Å². The van der Waals surface area contributed by atoms with Crippen molar-refractivity contribution in [2.75, 3.05) is 19.3 Å². The molecular weight excluding hydrogens is 411 g/mol. The normalized spacial score (nSPS) is 21.9. The van der Waals surface area contributed by atoms with Crippen molar-refractivity contribution in [2.24, 2.45) is 21.5 Å². The van der Waals surface area contributed by atoms with Crippen LogP contribution >= 0.6 is 0 Å². The zero-order valence-corrected chi connectivity index (χ0v) is 18.1. The van der Waals surface area contributed by atoms with Crippen LogP contribution < -0.4 is 21.9 Å². The number of nitrogen functional groups attached to an aromatic ring is 1. The van der Waals surface area contributed by atoms with E-state index in [2.05, 4.69) is 15.0 Å². The fourth-order valence-electron chi connectivity index (χ4n) is 3.47. The van der Waals surface area contributed by atoms with Gasteiger partial charge in [0.2, 0.25) is 0 Å². The Balaban J connectivity index is 2.42. The van der Waals surface area contributed by atoms with Crippen LogP contribution in [0.2, 0.25) is 0 Å². The second-order valence-electron chi connectivity index (χ2n) is 7.05. The minimum Gasteiger partial charge on any atom is -0.482 e. The molecule has 1 aliphatic rings. The Morgan fingerprint density at radius 1 is 1.28 bits per heavy atom. The maximum absolute atomic E-state index is 14.1. The number of nitrogens with zero attached hydrogens (tertiary/aromatic N) is 3. The van der Waals surface area contributed by atoms with Gasteiger partial charge in [-0.1, -0.05) is 0 Å². The van der Waals surface area contributed by atoms with Gasteiger partial charge in [-0.3, -0.25) is 14.8 Å². The number of hydrogen-bond donors (Lipinski definition) is 3. The van der Waals surface area contributed by atoms with Gasteiger partial charge in [0, 0.05) is 48.9 Å². The van der Waals surface area contributed by atoms with Crippen molar-refractivity contribution in [3.8, 4) is 5.75 Å². The van der Waals surface area contributed by atoms with E-state index in [9.17, 15) is 9.18 Å². The summed E-state index contributed by atoms with van der Waals surface area (Å²) >= 11 is 0. The van der Waals surface area contributed by atoms with Crippen molar-refractivity contribution in [1.82, 2.24) is 4.98 Å². The second-order valence-corrected chi connectivity index (χ2v) is 7.05. The van der Waals surface area contributed by atoms with Crippen LogP contribution in [-0.2, 0) is 4.79 Å². The standard InChI is InChI=1S/C23H25FN6O2/c1-4-29-21-13-7-19(23(27)30-10-13)32-12(2)16-8-14(24)5-6-15(16)20(26)18(11-28-3)22(31)17(21)9-25/h5-12H,4,25-26H2,1-3H3,(H2,27,30)/b17-9+,20-18+,28-11?,29-21?/t12-/m1/s1. The van der Waals surface area contributed by atoms with Crippen LogP contribution in [0.25, 0.3) is 5.70 Å². The van der Waals surface area contributed by atoms with E-state index in [1.54, 1.807) is 13.0 Å². The third kappa shape index (κ3) is 4.22. The highest BCUT2D eigenvalue weighted by Crippen LogP contribution is 2.33. The van der Waals surface area contributed by atoms with Crippen LogP contribution in [0.4, 0.5) is 10.2 Å². The van der Waals surface area contributed by atoms with Gasteiger partial charge in [-0.25, -0.2) is 9.37 Å². The van der Waals surface area contributed by atoms with Gasteiger partial charge in [0.05, 0.1) is 22.6 Å². The molecule has 1 aromatic carbocycles. The summed E-state index contributed by atoms with van der Waals surface area (Å²) in [6.07, 6.45) is 3.34. The van der Waals surface area contributed by atoms with Crippen molar-refractivity contribution in [3.05, 3.63) is 70.3 Å². The molecule has 3 rings (SSSR count). The smallest absolute Gasteiger partial charge is 0.200 e. The number of carbonyl (C=O) groups excluding carboxylic acids is 1. The second kappa shape index (κ2) is 9.42. The molecule has 1 aromatic heterocycles. The van der Waals surface area contributed by atoms with Crippen molar-refractivity contribution in [3.63, 3.8) is 0 Å². The summed E-state index contributed by atoms with van der Waals surface area (Å²) in [4.78, 5) is 26.2. The Morgan fingerprint density at radius 2 is 2.03 bits per heavy atom. The molecule has 2 bridgehead atoms. The number of halogens is 1. The number of benzene rings is 1. The molecule has 0 saturated heterocycles. The Kier molecular flexibility index (Phi) is 6.67. The number of rotatable bonds is 2. The summed E-state index contributed by atoms with van der Waals surface area (Å²) in [5, 5.41) is 0.